The summed E-state index contributed by atoms with van der Waals surface area (Å²) < 4.78 is 13.8. The van der Waals surface area contributed by atoms with Crippen LogP contribution in [-0.2, 0) is 4.74 Å². The van der Waals surface area contributed by atoms with Gasteiger partial charge in [-0.2, -0.15) is 0 Å². The molecule has 0 N–H and O–H groups in total. The van der Waals surface area contributed by atoms with Crippen molar-refractivity contribution in [1.82, 2.24) is 0 Å². The van der Waals surface area contributed by atoms with Gasteiger partial charge in [-0.3, -0.25) is 0 Å². The minimum absolute atomic E-state index is 0.355. The van der Waals surface area contributed by atoms with Gasteiger partial charge in [0.25, 0.3) is 0 Å². The Kier molecular flexibility index (Phi) is 7.45. The third kappa shape index (κ3) is 4.98. The highest BCUT2D eigenvalue weighted by molar-refractivity contribution is 6.80. The van der Waals surface area contributed by atoms with E-state index in [0.717, 1.165) is 52.7 Å². The van der Waals surface area contributed by atoms with Crippen molar-refractivity contribution >= 4 is 13.8 Å². The molecule has 8 unspecified atom stereocenters. The predicted octanol–water partition coefficient (Wildman–Crippen LogP) is 11.3. The molecule has 5 aliphatic rings. The molecule has 8 rings (SSSR count). The lowest BCUT2D eigenvalue weighted by atomic mass is 9.81. The second kappa shape index (κ2) is 11.4. The van der Waals surface area contributed by atoms with Gasteiger partial charge in [0.1, 0.15) is 23.4 Å². The van der Waals surface area contributed by atoms with Crippen molar-refractivity contribution in [3.8, 4) is 11.3 Å². The zero-order valence-electron chi connectivity index (χ0n) is 26.3. The Balaban J connectivity index is 1.13. The van der Waals surface area contributed by atoms with Crippen LogP contribution >= 0.6 is 0 Å². The fraction of sp³-hybridized carbons (Fsp3) is 0.550. The summed E-state index contributed by atoms with van der Waals surface area (Å²) in [5, 5.41) is 0. The molecule has 0 radical (unpaired) electrons. The zero-order valence-corrected chi connectivity index (χ0v) is 27.3. The van der Waals surface area contributed by atoms with Gasteiger partial charge in [-0.1, -0.05) is 125 Å². The van der Waals surface area contributed by atoms with Crippen molar-refractivity contribution in [3.63, 3.8) is 0 Å². The van der Waals surface area contributed by atoms with Gasteiger partial charge in [0.15, 0.2) is 0 Å². The van der Waals surface area contributed by atoms with Crippen LogP contribution in [0.1, 0.15) is 87.9 Å². The van der Waals surface area contributed by atoms with Crippen LogP contribution < -0.4 is 0 Å². The first kappa shape index (κ1) is 28.0. The summed E-state index contributed by atoms with van der Waals surface area (Å²) in [7, 11) is -1.76. The fourth-order valence-electron chi connectivity index (χ4n) is 11.5. The molecule has 0 spiro atoms. The summed E-state index contributed by atoms with van der Waals surface area (Å²) in [6, 6.07) is 26.2. The SMILES string of the molecule is C[Si](C)(C1C(c2ccc(-c3ccccc3)o2)CC2CCCCC21)C1C2CCCCC2CC1[C@H]1CC=C(c2ccccc2)O1. The fourth-order valence-corrected chi connectivity index (χ4v) is 17.8. The predicted molar refractivity (Wildman–Crippen MR) is 179 cm³/mol. The maximum atomic E-state index is 6.96. The van der Waals surface area contributed by atoms with Gasteiger partial charge < -0.3 is 9.15 Å². The second-order valence-corrected chi connectivity index (χ2v) is 20.4. The standard InChI is InChI=1S/C40H50O2Si/c1-43(2,39-31-19-11-9-17-29(31)25-33(39)37-23-21-35(41-37)27-13-5-3-6-14-27)40-32-20-12-10-18-30(32)26-34(40)38-24-22-36(42-38)28-15-7-4-8-16-28/h3-8,13-16,21-23,29-34,38-40H,9-12,17-20,24-26H2,1-2H3/t29?,30?,31?,32?,33?,34?,38-,39?,40?/m1/s1. The summed E-state index contributed by atoms with van der Waals surface area (Å²) >= 11 is 0. The van der Waals surface area contributed by atoms with Crippen molar-refractivity contribution in [3.05, 3.63) is 90.2 Å². The average Bonchev–Trinajstić information content (AvgIpc) is 3.85. The number of furan rings is 1. The van der Waals surface area contributed by atoms with Crippen molar-refractivity contribution in [2.45, 2.75) is 107 Å². The number of benzene rings is 2. The molecule has 226 valence electrons. The van der Waals surface area contributed by atoms with E-state index in [9.17, 15) is 0 Å². The van der Waals surface area contributed by atoms with Crippen LogP contribution in [0.25, 0.3) is 17.1 Å². The van der Waals surface area contributed by atoms with Crippen LogP contribution in [0.5, 0.6) is 0 Å². The molecular weight excluding hydrogens is 541 g/mol. The lowest BCUT2D eigenvalue weighted by Crippen LogP contribution is -2.48. The van der Waals surface area contributed by atoms with Gasteiger partial charge in [-0.15, -0.1) is 0 Å². The van der Waals surface area contributed by atoms with Crippen LogP contribution in [0.2, 0.25) is 24.2 Å². The molecule has 2 aromatic carbocycles. The Bertz CT molecular complexity index is 1420. The van der Waals surface area contributed by atoms with Gasteiger partial charge in [0.05, 0.1) is 8.07 Å². The molecule has 3 aromatic rings. The minimum atomic E-state index is -1.76. The first-order valence-corrected chi connectivity index (χ1v) is 20.8. The molecule has 0 bridgehead atoms. The smallest absolute Gasteiger partial charge is 0.134 e. The van der Waals surface area contributed by atoms with Gasteiger partial charge in [-0.05, 0) is 71.7 Å². The molecule has 4 fully saturated rings. The molecule has 0 amide bonds. The van der Waals surface area contributed by atoms with Crippen LogP contribution in [0.15, 0.2) is 83.3 Å². The van der Waals surface area contributed by atoms with E-state index >= 15 is 0 Å². The molecule has 2 nitrogen and oxygen atoms in total. The van der Waals surface area contributed by atoms with Crippen molar-refractivity contribution in [2.24, 2.45) is 29.6 Å². The lowest BCUT2D eigenvalue weighted by molar-refractivity contribution is 0.121. The molecule has 1 aliphatic heterocycles. The Morgan fingerprint density at radius 3 is 1.98 bits per heavy atom. The second-order valence-electron chi connectivity index (χ2n) is 15.4. The van der Waals surface area contributed by atoms with E-state index in [4.69, 9.17) is 9.15 Å². The quantitative estimate of drug-likeness (QED) is 0.266. The zero-order chi connectivity index (χ0) is 29.0. The van der Waals surface area contributed by atoms with Gasteiger partial charge in [0, 0.05) is 23.5 Å². The number of ether oxygens (including phenoxy) is 1. The summed E-state index contributed by atoms with van der Waals surface area (Å²) in [4.78, 5) is 0. The molecular formula is C40H50O2Si. The van der Waals surface area contributed by atoms with Gasteiger partial charge >= 0.3 is 0 Å². The Morgan fingerprint density at radius 2 is 1.26 bits per heavy atom. The summed E-state index contributed by atoms with van der Waals surface area (Å²) in [5.41, 5.74) is 4.12. The average molecular weight is 591 g/mol. The Labute approximate surface area is 260 Å². The third-order valence-corrected chi connectivity index (χ3v) is 18.1. The minimum Gasteiger partial charge on any atom is -0.490 e. The van der Waals surface area contributed by atoms with E-state index in [2.05, 4.69) is 92.0 Å². The Morgan fingerprint density at radius 1 is 0.628 bits per heavy atom. The van der Waals surface area contributed by atoms with Crippen LogP contribution in [-0.4, -0.2) is 14.2 Å². The molecule has 4 saturated carbocycles. The number of hydrogen-bond acceptors (Lipinski definition) is 2. The largest absolute Gasteiger partial charge is 0.490 e. The first-order valence-electron chi connectivity index (χ1n) is 17.7. The molecule has 9 atom stereocenters. The highest BCUT2D eigenvalue weighted by Crippen LogP contribution is 2.67. The number of hydrogen-bond donors (Lipinski definition) is 0. The first-order chi connectivity index (χ1) is 21.1. The molecule has 3 heteroatoms. The van der Waals surface area contributed by atoms with Crippen molar-refractivity contribution < 1.29 is 9.15 Å². The number of fused-ring (bicyclic) bond motifs is 2. The van der Waals surface area contributed by atoms with E-state index in [1.165, 1.54) is 81.1 Å². The number of rotatable bonds is 6. The van der Waals surface area contributed by atoms with E-state index < -0.39 is 8.07 Å². The summed E-state index contributed by atoms with van der Waals surface area (Å²) in [6.45, 7) is 5.69. The topological polar surface area (TPSA) is 22.4 Å². The highest BCUT2D eigenvalue weighted by Gasteiger charge is 2.61. The highest BCUT2D eigenvalue weighted by atomic mass is 28.3. The van der Waals surface area contributed by atoms with E-state index in [0.29, 0.717) is 17.9 Å². The molecule has 43 heavy (non-hydrogen) atoms. The van der Waals surface area contributed by atoms with E-state index in [1.54, 1.807) is 0 Å². The lowest BCUT2D eigenvalue weighted by Gasteiger charge is -2.48. The van der Waals surface area contributed by atoms with Crippen molar-refractivity contribution in [2.75, 3.05) is 0 Å². The van der Waals surface area contributed by atoms with E-state index in [-0.39, 0.29) is 0 Å². The summed E-state index contributed by atoms with van der Waals surface area (Å²) in [5.74, 6) is 8.35. The maximum Gasteiger partial charge on any atom is 0.134 e. The molecule has 0 saturated heterocycles. The van der Waals surface area contributed by atoms with Crippen LogP contribution in [0.3, 0.4) is 0 Å². The molecule has 2 heterocycles. The Hall–Kier alpha value is -2.52. The molecule has 4 aliphatic carbocycles. The van der Waals surface area contributed by atoms with Gasteiger partial charge in [-0.25, -0.2) is 0 Å². The normalized spacial score (nSPS) is 35.7. The molecule has 1 aromatic heterocycles. The van der Waals surface area contributed by atoms with Crippen molar-refractivity contribution in [1.29, 1.82) is 0 Å². The van der Waals surface area contributed by atoms with Gasteiger partial charge in [0.2, 0.25) is 0 Å². The monoisotopic (exact) mass is 590 g/mol. The maximum absolute atomic E-state index is 6.96. The van der Waals surface area contributed by atoms with Crippen LogP contribution in [0, 0.1) is 29.6 Å². The van der Waals surface area contributed by atoms with Crippen LogP contribution in [0.4, 0.5) is 0 Å². The third-order valence-electron chi connectivity index (χ3n) is 13.0. The summed E-state index contributed by atoms with van der Waals surface area (Å²) in [6.07, 6.45) is 18.1. The van der Waals surface area contributed by atoms with E-state index in [1.807, 2.05) is 0 Å².